The van der Waals surface area contributed by atoms with Crippen LogP contribution < -0.4 is 5.32 Å². The van der Waals surface area contributed by atoms with Gasteiger partial charge in [-0.1, -0.05) is 11.6 Å². The zero-order valence-electron chi connectivity index (χ0n) is 16.2. The molecule has 0 unspecified atom stereocenters. The average molecular weight is 451 g/mol. The highest BCUT2D eigenvalue weighted by atomic mass is 35.5. The van der Waals surface area contributed by atoms with Crippen molar-refractivity contribution in [1.82, 2.24) is 9.80 Å². The van der Waals surface area contributed by atoms with Crippen molar-refractivity contribution in [1.29, 1.82) is 5.26 Å². The second-order valence-corrected chi connectivity index (χ2v) is 7.41. The molecule has 0 aliphatic carbocycles. The van der Waals surface area contributed by atoms with Gasteiger partial charge >= 0.3 is 6.18 Å². The lowest BCUT2D eigenvalue weighted by Crippen LogP contribution is -2.50. The van der Waals surface area contributed by atoms with Gasteiger partial charge in [-0.15, -0.1) is 0 Å². The number of nitriles is 1. The normalized spacial score (nSPS) is 14.7. The van der Waals surface area contributed by atoms with Gasteiger partial charge in [-0.2, -0.15) is 18.4 Å². The zero-order valence-corrected chi connectivity index (χ0v) is 17.0. The highest BCUT2D eigenvalue weighted by molar-refractivity contribution is 6.31. The topological polar surface area (TPSA) is 76.4 Å². The molecule has 1 fully saturated rings. The van der Waals surface area contributed by atoms with E-state index in [9.17, 15) is 22.8 Å². The van der Waals surface area contributed by atoms with Crippen molar-refractivity contribution in [2.75, 3.05) is 38.0 Å². The Balaban J connectivity index is 1.52. The van der Waals surface area contributed by atoms with Gasteiger partial charge in [-0.05, 0) is 42.5 Å². The van der Waals surface area contributed by atoms with E-state index < -0.39 is 22.7 Å². The maximum Gasteiger partial charge on any atom is 0.417 e. The first kappa shape index (κ1) is 22.6. The molecule has 0 atom stereocenters. The summed E-state index contributed by atoms with van der Waals surface area (Å²) in [5.41, 5.74) is -0.0536. The Morgan fingerprint density at radius 3 is 2.29 bits per heavy atom. The van der Waals surface area contributed by atoms with Gasteiger partial charge < -0.3 is 10.2 Å². The standard InChI is InChI=1S/C21H18ClF3N4O2/c22-18-6-5-16(11-17(18)21(23,24)25)27-19(30)13-28-7-9-29(10-8-28)20(31)15-3-1-14(12-26)2-4-15/h1-6,11H,7-10,13H2,(H,27,30). The van der Waals surface area contributed by atoms with Gasteiger partial charge in [0, 0.05) is 37.4 Å². The summed E-state index contributed by atoms with van der Waals surface area (Å²) < 4.78 is 38.8. The Bertz CT molecular complexity index is 1010. The molecule has 1 saturated heterocycles. The van der Waals surface area contributed by atoms with E-state index in [2.05, 4.69) is 5.32 Å². The first-order chi connectivity index (χ1) is 14.7. The fourth-order valence-electron chi connectivity index (χ4n) is 3.20. The van der Waals surface area contributed by atoms with Crippen molar-refractivity contribution in [3.8, 4) is 6.07 Å². The molecule has 1 aliphatic rings. The number of carbonyl (C=O) groups is 2. The van der Waals surface area contributed by atoms with E-state index in [1.807, 2.05) is 11.0 Å². The molecule has 1 N–H and O–H groups in total. The molecule has 3 rings (SSSR count). The molecule has 2 aromatic carbocycles. The molecule has 0 bridgehead atoms. The Hall–Kier alpha value is -3.09. The van der Waals surface area contributed by atoms with Crippen molar-refractivity contribution in [3.05, 3.63) is 64.2 Å². The molecule has 10 heteroatoms. The van der Waals surface area contributed by atoms with Gasteiger partial charge in [0.25, 0.3) is 5.91 Å². The van der Waals surface area contributed by atoms with Gasteiger partial charge in [-0.25, -0.2) is 0 Å². The SMILES string of the molecule is N#Cc1ccc(C(=O)N2CCN(CC(=O)Nc3ccc(Cl)c(C(F)(F)F)c3)CC2)cc1. The number of carbonyl (C=O) groups excluding carboxylic acids is 2. The maximum atomic E-state index is 12.9. The highest BCUT2D eigenvalue weighted by Gasteiger charge is 2.33. The van der Waals surface area contributed by atoms with Crippen LogP contribution in [0.5, 0.6) is 0 Å². The number of nitrogens with one attached hydrogen (secondary N) is 1. The van der Waals surface area contributed by atoms with E-state index in [0.717, 1.165) is 12.1 Å². The van der Waals surface area contributed by atoms with Crippen LogP contribution in [0, 0.1) is 11.3 Å². The zero-order chi connectivity index (χ0) is 22.6. The summed E-state index contributed by atoms with van der Waals surface area (Å²) >= 11 is 5.58. The van der Waals surface area contributed by atoms with Crippen LogP contribution in [0.3, 0.4) is 0 Å². The van der Waals surface area contributed by atoms with Crippen LogP contribution in [0.4, 0.5) is 18.9 Å². The van der Waals surface area contributed by atoms with Crippen LogP contribution in [0.15, 0.2) is 42.5 Å². The average Bonchev–Trinajstić information content (AvgIpc) is 2.74. The number of hydrogen-bond donors (Lipinski definition) is 1. The predicted molar refractivity (Wildman–Crippen MR) is 109 cm³/mol. The molecular formula is C21H18ClF3N4O2. The number of anilines is 1. The lowest BCUT2D eigenvalue weighted by atomic mass is 10.1. The van der Waals surface area contributed by atoms with Crippen molar-refractivity contribution in [2.45, 2.75) is 6.18 Å². The molecule has 2 aromatic rings. The number of rotatable bonds is 4. The molecule has 6 nitrogen and oxygen atoms in total. The number of alkyl halides is 3. The van der Waals surface area contributed by atoms with E-state index in [1.165, 1.54) is 6.07 Å². The summed E-state index contributed by atoms with van der Waals surface area (Å²) in [6.45, 7) is 1.70. The summed E-state index contributed by atoms with van der Waals surface area (Å²) in [6.07, 6.45) is -4.62. The molecule has 0 saturated carbocycles. The number of hydrogen-bond acceptors (Lipinski definition) is 4. The van der Waals surface area contributed by atoms with E-state index in [1.54, 1.807) is 29.2 Å². The van der Waals surface area contributed by atoms with Crippen molar-refractivity contribution >= 4 is 29.1 Å². The molecule has 31 heavy (non-hydrogen) atoms. The van der Waals surface area contributed by atoms with Crippen molar-refractivity contribution in [3.63, 3.8) is 0 Å². The van der Waals surface area contributed by atoms with Gasteiger partial charge in [0.15, 0.2) is 0 Å². The molecule has 2 amide bonds. The minimum absolute atomic E-state index is 0.0105. The number of halogens is 4. The van der Waals surface area contributed by atoms with E-state index in [0.29, 0.717) is 37.3 Å². The molecular weight excluding hydrogens is 433 g/mol. The lowest BCUT2D eigenvalue weighted by molar-refractivity contribution is -0.137. The molecule has 1 heterocycles. The van der Waals surface area contributed by atoms with Crippen LogP contribution >= 0.6 is 11.6 Å². The molecule has 162 valence electrons. The largest absolute Gasteiger partial charge is 0.417 e. The van der Waals surface area contributed by atoms with Gasteiger partial charge in [0.2, 0.25) is 5.91 Å². The fourth-order valence-corrected chi connectivity index (χ4v) is 3.43. The summed E-state index contributed by atoms with van der Waals surface area (Å²) in [5, 5.41) is 10.8. The second kappa shape index (κ2) is 9.37. The van der Waals surface area contributed by atoms with Gasteiger partial charge in [-0.3, -0.25) is 14.5 Å². The second-order valence-electron chi connectivity index (χ2n) is 7.00. The fraction of sp³-hybridized carbons (Fsp3) is 0.286. The first-order valence-electron chi connectivity index (χ1n) is 9.36. The lowest BCUT2D eigenvalue weighted by Gasteiger charge is -2.34. The summed E-state index contributed by atoms with van der Waals surface area (Å²) in [4.78, 5) is 28.3. The molecule has 0 radical (unpaired) electrons. The summed E-state index contributed by atoms with van der Waals surface area (Å²) in [6, 6.07) is 11.6. The smallest absolute Gasteiger partial charge is 0.336 e. The molecule has 0 spiro atoms. The number of benzene rings is 2. The van der Waals surface area contributed by atoms with Crippen molar-refractivity contribution < 1.29 is 22.8 Å². The van der Waals surface area contributed by atoms with E-state index in [-0.39, 0.29) is 18.1 Å². The van der Waals surface area contributed by atoms with Crippen molar-refractivity contribution in [2.24, 2.45) is 0 Å². The maximum absolute atomic E-state index is 12.9. The summed E-state index contributed by atoms with van der Waals surface area (Å²) in [5.74, 6) is -0.614. The van der Waals surface area contributed by atoms with Crippen LogP contribution in [0.1, 0.15) is 21.5 Å². The van der Waals surface area contributed by atoms with Crippen LogP contribution in [0.2, 0.25) is 5.02 Å². The third kappa shape index (κ3) is 5.75. The Morgan fingerprint density at radius 2 is 1.71 bits per heavy atom. The Kier molecular flexibility index (Phi) is 6.83. The van der Waals surface area contributed by atoms with E-state index in [4.69, 9.17) is 16.9 Å². The third-order valence-corrected chi connectivity index (χ3v) is 5.17. The summed E-state index contributed by atoms with van der Waals surface area (Å²) in [7, 11) is 0. The van der Waals surface area contributed by atoms with E-state index >= 15 is 0 Å². The van der Waals surface area contributed by atoms with Crippen LogP contribution in [-0.4, -0.2) is 54.3 Å². The third-order valence-electron chi connectivity index (χ3n) is 4.84. The highest BCUT2D eigenvalue weighted by Crippen LogP contribution is 2.36. The number of nitrogens with zero attached hydrogens (tertiary/aromatic N) is 3. The Morgan fingerprint density at radius 1 is 1.06 bits per heavy atom. The van der Waals surface area contributed by atoms with Crippen LogP contribution in [-0.2, 0) is 11.0 Å². The van der Waals surface area contributed by atoms with Gasteiger partial charge in [0.1, 0.15) is 0 Å². The minimum Gasteiger partial charge on any atom is -0.336 e. The quantitative estimate of drug-likeness (QED) is 0.771. The monoisotopic (exact) mass is 450 g/mol. The number of amides is 2. The minimum atomic E-state index is -4.62. The molecule has 0 aromatic heterocycles. The van der Waals surface area contributed by atoms with Crippen LogP contribution in [0.25, 0.3) is 0 Å². The predicted octanol–water partition coefficient (Wildman–Crippen LogP) is 3.63. The van der Waals surface area contributed by atoms with Gasteiger partial charge in [0.05, 0.1) is 28.8 Å². The first-order valence-corrected chi connectivity index (χ1v) is 9.73. The Labute approximate surface area is 181 Å². The number of piperazine rings is 1. The molecule has 1 aliphatic heterocycles.